The van der Waals surface area contributed by atoms with E-state index in [4.69, 9.17) is 0 Å². The summed E-state index contributed by atoms with van der Waals surface area (Å²) < 4.78 is 0. The molecule has 3 heteroatoms. The van der Waals surface area contributed by atoms with E-state index in [-0.39, 0.29) is 0 Å². The summed E-state index contributed by atoms with van der Waals surface area (Å²) in [6.45, 7) is 7.72. The maximum Gasteiger partial charge on any atom is 0.0544 e. The zero-order valence-corrected chi connectivity index (χ0v) is 10.9. The molecule has 1 N–H and O–H groups in total. The standard InChI is InChI=1S/C14H23N3/c1-12(2)16-10-14-7-5-9-17(14)11-13-6-3-4-8-15-13/h3-4,6,8,12,14,16H,5,7,9-11H2,1-2H3. The average molecular weight is 233 g/mol. The lowest BCUT2D eigenvalue weighted by Crippen LogP contribution is -2.39. The lowest BCUT2D eigenvalue weighted by molar-refractivity contribution is 0.233. The molecule has 17 heavy (non-hydrogen) atoms. The minimum Gasteiger partial charge on any atom is -0.313 e. The highest BCUT2D eigenvalue weighted by atomic mass is 15.2. The van der Waals surface area contributed by atoms with Crippen LogP contribution in [0.25, 0.3) is 0 Å². The lowest BCUT2D eigenvalue weighted by atomic mass is 10.2. The predicted molar refractivity (Wildman–Crippen MR) is 70.8 cm³/mol. The zero-order valence-electron chi connectivity index (χ0n) is 10.9. The van der Waals surface area contributed by atoms with Gasteiger partial charge < -0.3 is 5.32 Å². The second kappa shape index (κ2) is 6.12. The number of rotatable bonds is 5. The molecule has 1 saturated heterocycles. The second-order valence-electron chi connectivity index (χ2n) is 5.15. The summed E-state index contributed by atoms with van der Waals surface area (Å²) in [6.07, 6.45) is 4.51. The smallest absolute Gasteiger partial charge is 0.0544 e. The fourth-order valence-corrected chi connectivity index (χ4v) is 2.41. The summed E-state index contributed by atoms with van der Waals surface area (Å²) in [5.41, 5.74) is 1.18. The molecule has 0 amide bonds. The second-order valence-corrected chi connectivity index (χ2v) is 5.15. The molecule has 2 rings (SSSR count). The largest absolute Gasteiger partial charge is 0.313 e. The molecule has 1 fully saturated rings. The number of hydrogen-bond donors (Lipinski definition) is 1. The van der Waals surface area contributed by atoms with E-state index in [1.165, 1.54) is 25.1 Å². The van der Waals surface area contributed by atoms with Crippen LogP contribution in [0.15, 0.2) is 24.4 Å². The topological polar surface area (TPSA) is 28.2 Å². The molecule has 3 nitrogen and oxygen atoms in total. The van der Waals surface area contributed by atoms with Gasteiger partial charge in [-0.05, 0) is 31.5 Å². The van der Waals surface area contributed by atoms with E-state index in [1.807, 2.05) is 12.3 Å². The van der Waals surface area contributed by atoms with Gasteiger partial charge in [-0.1, -0.05) is 19.9 Å². The maximum absolute atomic E-state index is 4.41. The van der Waals surface area contributed by atoms with Gasteiger partial charge in [0.1, 0.15) is 0 Å². The van der Waals surface area contributed by atoms with Gasteiger partial charge in [0.2, 0.25) is 0 Å². The van der Waals surface area contributed by atoms with E-state index in [0.717, 1.165) is 13.1 Å². The highest BCUT2D eigenvalue weighted by Gasteiger charge is 2.24. The Morgan fingerprint density at radius 2 is 2.35 bits per heavy atom. The van der Waals surface area contributed by atoms with Crippen LogP contribution in [-0.2, 0) is 6.54 Å². The van der Waals surface area contributed by atoms with E-state index in [9.17, 15) is 0 Å². The molecule has 0 spiro atoms. The van der Waals surface area contributed by atoms with Crippen LogP contribution in [0.4, 0.5) is 0 Å². The van der Waals surface area contributed by atoms with Gasteiger partial charge in [-0.15, -0.1) is 0 Å². The molecule has 0 aromatic carbocycles. The van der Waals surface area contributed by atoms with E-state index in [1.54, 1.807) is 0 Å². The normalized spacial score (nSPS) is 21.2. The third kappa shape index (κ3) is 3.79. The van der Waals surface area contributed by atoms with Crippen molar-refractivity contribution < 1.29 is 0 Å². The number of aromatic nitrogens is 1. The van der Waals surface area contributed by atoms with Crippen molar-refractivity contribution in [2.24, 2.45) is 0 Å². The first kappa shape index (κ1) is 12.5. The molecular formula is C14H23N3. The third-order valence-corrected chi connectivity index (χ3v) is 3.35. The van der Waals surface area contributed by atoms with Crippen molar-refractivity contribution in [2.45, 2.75) is 45.3 Å². The number of pyridine rings is 1. The van der Waals surface area contributed by atoms with Gasteiger partial charge in [-0.2, -0.15) is 0 Å². The first-order valence-corrected chi connectivity index (χ1v) is 6.63. The molecular weight excluding hydrogens is 210 g/mol. The van der Waals surface area contributed by atoms with Gasteiger partial charge in [0, 0.05) is 31.4 Å². The Balaban J connectivity index is 1.87. The number of likely N-dealkylation sites (tertiary alicyclic amines) is 1. The zero-order chi connectivity index (χ0) is 12.1. The molecule has 1 aliphatic rings. The molecule has 0 radical (unpaired) electrons. The molecule has 1 aliphatic heterocycles. The molecule has 0 aliphatic carbocycles. The van der Waals surface area contributed by atoms with Crippen molar-refractivity contribution in [2.75, 3.05) is 13.1 Å². The number of nitrogens with one attached hydrogen (secondary N) is 1. The SMILES string of the molecule is CC(C)NCC1CCCN1Cc1ccccn1. The Hall–Kier alpha value is -0.930. The maximum atomic E-state index is 4.41. The first-order chi connectivity index (χ1) is 8.25. The van der Waals surface area contributed by atoms with Crippen LogP contribution < -0.4 is 5.32 Å². The summed E-state index contributed by atoms with van der Waals surface area (Å²) in [5.74, 6) is 0. The molecule has 0 saturated carbocycles. The summed E-state index contributed by atoms with van der Waals surface area (Å²) in [6, 6.07) is 7.42. The summed E-state index contributed by atoms with van der Waals surface area (Å²) in [5, 5.41) is 3.54. The number of hydrogen-bond acceptors (Lipinski definition) is 3. The molecule has 1 unspecified atom stereocenters. The van der Waals surface area contributed by atoms with Crippen LogP contribution in [0.3, 0.4) is 0 Å². The molecule has 0 bridgehead atoms. The quantitative estimate of drug-likeness (QED) is 0.843. The fraction of sp³-hybridized carbons (Fsp3) is 0.643. The van der Waals surface area contributed by atoms with Crippen LogP contribution in [0.2, 0.25) is 0 Å². The Morgan fingerprint density at radius 3 is 3.06 bits per heavy atom. The molecule has 94 valence electrons. The lowest BCUT2D eigenvalue weighted by Gasteiger charge is -2.25. The van der Waals surface area contributed by atoms with Gasteiger partial charge in [0.25, 0.3) is 0 Å². The van der Waals surface area contributed by atoms with Crippen molar-refractivity contribution in [3.05, 3.63) is 30.1 Å². The third-order valence-electron chi connectivity index (χ3n) is 3.35. The molecule has 2 heterocycles. The van der Waals surface area contributed by atoms with Crippen molar-refractivity contribution in [1.82, 2.24) is 15.2 Å². The van der Waals surface area contributed by atoms with Crippen LogP contribution in [-0.4, -0.2) is 35.1 Å². The van der Waals surface area contributed by atoms with E-state index in [2.05, 4.69) is 41.2 Å². The Morgan fingerprint density at radius 1 is 1.47 bits per heavy atom. The average Bonchev–Trinajstić information content (AvgIpc) is 2.75. The highest BCUT2D eigenvalue weighted by molar-refractivity contribution is 5.04. The van der Waals surface area contributed by atoms with Crippen LogP contribution in [0, 0.1) is 0 Å². The summed E-state index contributed by atoms with van der Waals surface area (Å²) >= 11 is 0. The number of nitrogens with zero attached hydrogens (tertiary/aromatic N) is 2. The highest BCUT2D eigenvalue weighted by Crippen LogP contribution is 2.18. The van der Waals surface area contributed by atoms with Crippen LogP contribution in [0.5, 0.6) is 0 Å². The predicted octanol–water partition coefficient (Wildman–Crippen LogP) is 2.04. The minimum absolute atomic E-state index is 0.576. The Kier molecular flexibility index (Phi) is 4.51. The Labute approximate surface area is 104 Å². The van der Waals surface area contributed by atoms with Crippen molar-refractivity contribution in [3.63, 3.8) is 0 Å². The monoisotopic (exact) mass is 233 g/mol. The van der Waals surface area contributed by atoms with Crippen molar-refractivity contribution in [1.29, 1.82) is 0 Å². The van der Waals surface area contributed by atoms with Gasteiger partial charge in [-0.25, -0.2) is 0 Å². The van der Waals surface area contributed by atoms with Gasteiger partial charge in [0.15, 0.2) is 0 Å². The van der Waals surface area contributed by atoms with E-state index in [0.29, 0.717) is 12.1 Å². The van der Waals surface area contributed by atoms with Gasteiger partial charge >= 0.3 is 0 Å². The van der Waals surface area contributed by atoms with Gasteiger partial charge in [0.05, 0.1) is 5.69 Å². The summed E-state index contributed by atoms with van der Waals surface area (Å²) in [4.78, 5) is 6.96. The Bertz CT molecular complexity index is 323. The van der Waals surface area contributed by atoms with Crippen LogP contribution >= 0.6 is 0 Å². The summed E-state index contributed by atoms with van der Waals surface area (Å²) in [7, 11) is 0. The van der Waals surface area contributed by atoms with Crippen molar-refractivity contribution in [3.8, 4) is 0 Å². The van der Waals surface area contributed by atoms with Crippen LogP contribution in [0.1, 0.15) is 32.4 Å². The molecule has 1 aromatic heterocycles. The molecule has 1 atom stereocenters. The van der Waals surface area contributed by atoms with E-state index >= 15 is 0 Å². The molecule has 1 aromatic rings. The van der Waals surface area contributed by atoms with Crippen molar-refractivity contribution >= 4 is 0 Å². The van der Waals surface area contributed by atoms with E-state index < -0.39 is 0 Å². The fourth-order valence-electron chi connectivity index (χ4n) is 2.41. The van der Waals surface area contributed by atoms with Gasteiger partial charge in [-0.3, -0.25) is 9.88 Å². The first-order valence-electron chi connectivity index (χ1n) is 6.63. The minimum atomic E-state index is 0.576.